The van der Waals surface area contributed by atoms with Gasteiger partial charge in [-0.3, -0.25) is 9.69 Å². The molecule has 0 amide bonds. The molecule has 0 radical (unpaired) electrons. The van der Waals surface area contributed by atoms with Gasteiger partial charge in [0.2, 0.25) is 0 Å². The molecule has 0 unspecified atom stereocenters. The van der Waals surface area contributed by atoms with Gasteiger partial charge in [-0.2, -0.15) is 0 Å². The largest absolute Gasteiger partial charge is 0.387 e. The Balaban J connectivity index is 1.63. The third kappa shape index (κ3) is 4.27. The number of hydrogen-bond donors (Lipinski definition) is 1. The molecule has 0 spiro atoms. The monoisotopic (exact) mass is 349 g/mol. The van der Waals surface area contributed by atoms with Crippen LogP contribution in [0, 0.1) is 5.82 Å². The number of carbonyl (C=O) groups is 1. The van der Waals surface area contributed by atoms with E-state index in [0.29, 0.717) is 38.3 Å². The molecule has 1 fully saturated rings. The Labute approximate surface area is 144 Å². The van der Waals surface area contributed by atoms with E-state index < -0.39 is 6.10 Å². The highest BCUT2D eigenvalue weighted by Crippen LogP contribution is 2.21. The highest BCUT2D eigenvalue weighted by molar-refractivity contribution is 7.12. The van der Waals surface area contributed by atoms with Crippen LogP contribution >= 0.6 is 11.3 Å². The van der Waals surface area contributed by atoms with Crippen molar-refractivity contribution in [3.63, 3.8) is 0 Å². The number of rotatable bonds is 6. The first kappa shape index (κ1) is 17.2. The number of ketones is 1. The molecule has 128 valence electrons. The van der Waals surface area contributed by atoms with Crippen molar-refractivity contribution >= 4 is 17.1 Å². The van der Waals surface area contributed by atoms with Crippen molar-refractivity contribution in [1.82, 2.24) is 4.90 Å². The third-order valence-electron chi connectivity index (χ3n) is 4.23. The van der Waals surface area contributed by atoms with E-state index in [-0.39, 0.29) is 17.6 Å². The van der Waals surface area contributed by atoms with Crippen LogP contribution in [0.2, 0.25) is 0 Å². The van der Waals surface area contributed by atoms with E-state index in [1.54, 1.807) is 12.1 Å². The number of aliphatic hydroxyl groups is 1. The zero-order valence-corrected chi connectivity index (χ0v) is 14.0. The van der Waals surface area contributed by atoms with Crippen LogP contribution in [0.1, 0.15) is 27.8 Å². The number of aliphatic hydroxyl groups excluding tert-OH is 1. The van der Waals surface area contributed by atoms with Gasteiger partial charge in [0.05, 0.1) is 24.2 Å². The van der Waals surface area contributed by atoms with Crippen molar-refractivity contribution in [3.8, 4) is 0 Å². The van der Waals surface area contributed by atoms with Gasteiger partial charge in [0.25, 0.3) is 0 Å². The van der Waals surface area contributed by atoms with Crippen LogP contribution in [0.3, 0.4) is 0 Å². The van der Waals surface area contributed by atoms with E-state index >= 15 is 0 Å². The van der Waals surface area contributed by atoms with E-state index in [4.69, 9.17) is 4.74 Å². The second-order valence-corrected chi connectivity index (χ2v) is 6.84. The number of benzene rings is 1. The number of carbonyl (C=O) groups excluding carboxylic acids is 1. The van der Waals surface area contributed by atoms with E-state index in [2.05, 4.69) is 4.90 Å². The standard InChI is InChI=1S/C18H20FNO3S/c19-14-5-3-13(4-6-14)17(22)11-20-7-8-23-12-15(20)10-16(21)18-2-1-9-24-18/h1-6,9,15,17,22H,7-8,10-12H2/t15-,17-/m1/s1. The highest BCUT2D eigenvalue weighted by atomic mass is 32.1. The summed E-state index contributed by atoms with van der Waals surface area (Å²) in [4.78, 5) is 15.2. The summed E-state index contributed by atoms with van der Waals surface area (Å²) in [5, 5.41) is 12.3. The van der Waals surface area contributed by atoms with Crippen LogP contribution in [-0.2, 0) is 4.74 Å². The summed E-state index contributed by atoms with van der Waals surface area (Å²) in [6.45, 7) is 2.13. The average Bonchev–Trinajstić information content (AvgIpc) is 3.12. The normalized spacial score (nSPS) is 20.0. The van der Waals surface area contributed by atoms with Crippen molar-refractivity contribution in [2.45, 2.75) is 18.6 Å². The third-order valence-corrected chi connectivity index (χ3v) is 5.14. The Bertz CT molecular complexity index is 659. The average molecular weight is 349 g/mol. The van der Waals surface area contributed by atoms with Crippen LogP contribution in [0.5, 0.6) is 0 Å². The van der Waals surface area contributed by atoms with E-state index in [1.807, 2.05) is 17.5 Å². The molecule has 4 nitrogen and oxygen atoms in total. The number of nitrogens with zero attached hydrogens (tertiary/aromatic N) is 1. The maximum absolute atomic E-state index is 13.0. The molecule has 1 N–H and O–H groups in total. The number of Topliss-reactive ketones (excluding diaryl/α,β-unsaturated/α-hetero) is 1. The molecular weight excluding hydrogens is 329 g/mol. The Morgan fingerprint density at radius 3 is 2.88 bits per heavy atom. The lowest BCUT2D eigenvalue weighted by Crippen LogP contribution is -2.48. The van der Waals surface area contributed by atoms with Crippen molar-refractivity contribution in [3.05, 3.63) is 58.0 Å². The molecule has 2 heterocycles. The lowest BCUT2D eigenvalue weighted by atomic mass is 10.0. The van der Waals surface area contributed by atoms with Gasteiger partial charge in [0.15, 0.2) is 5.78 Å². The van der Waals surface area contributed by atoms with Gasteiger partial charge in [-0.05, 0) is 29.1 Å². The maximum atomic E-state index is 13.0. The molecule has 24 heavy (non-hydrogen) atoms. The molecule has 1 aromatic heterocycles. The molecule has 3 rings (SSSR count). The summed E-state index contributed by atoms with van der Waals surface area (Å²) < 4.78 is 18.5. The number of hydrogen-bond acceptors (Lipinski definition) is 5. The Morgan fingerprint density at radius 1 is 1.38 bits per heavy atom. The second-order valence-electron chi connectivity index (χ2n) is 5.90. The summed E-state index contributed by atoms with van der Waals surface area (Å²) in [5.74, 6) is -0.224. The number of morpholine rings is 1. The first-order valence-electron chi connectivity index (χ1n) is 7.95. The molecule has 0 saturated carbocycles. The molecule has 1 aliphatic heterocycles. The highest BCUT2D eigenvalue weighted by Gasteiger charge is 2.28. The molecule has 0 bridgehead atoms. The fraction of sp³-hybridized carbons (Fsp3) is 0.389. The smallest absolute Gasteiger partial charge is 0.174 e. The molecule has 2 aromatic rings. The first-order valence-corrected chi connectivity index (χ1v) is 8.83. The minimum atomic E-state index is -0.719. The molecule has 1 aliphatic rings. The van der Waals surface area contributed by atoms with Gasteiger partial charge in [-0.1, -0.05) is 18.2 Å². The summed E-state index contributed by atoms with van der Waals surface area (Å²) in [7, 11) is 0. The summed E-state index contributed by atoms with van der Waals surface area (Å²) in [6.07, 6.45) is -0.348. The lowest BCUT2D eigenvalue weighted by Gasteiger charge is -2.36. The van der Waals surface area contributed by atoms with Crippen molar-refractivity contribution in [2.75, 3.05) is 26.3 Å². The molecule has 0 aliphatic carbocycles. The van der Waals surface area contributed by atoms with Crippen LogP contribution in [0.15, 0.2) is 41.8 Å². The van der Waals surface area contributed by atoms with Crippen LogP contribution < -0.4 is 0 Å². The van der Waals surface area contributed by atoms with E-state index in [9.17, 15) is 14.3 Å². The predicted molar refractivity (Wildman–Crippen MR) is 90.8 cm³/mol. The Morgan fingerprint density at radius 2 is 2.17 bits per heavy atom. The molecule has 1 aromatic carbocycles. The fourth-order valence-electron chi connectivity index (χ4n) is 2.88. The number of halogens is 1. The summed E-state index contributed by atoms with van der Waals surface area (Å²) in [6, 6.07) is 9.51. The fourth-order valence-corrected chi connectivity index (χ4v) is 3.56. The Kier molecular flexibility index (Phi) is 5.73. The van der Waals surface area contributed by atoms with Crippen LogP contribution in [0.4, 0.5) is 4.39 Å². The van der Waals surface area contributed by atoms with Crippen molar-refractivity contribution in [2.24, 2.45) is 0 Å². The summed E-state index contributed by atoms with van der Waals surface area (Å²) >= 11 is 1.44. The lowest BCUT2D eigenvalue weighted by molar-refractivity contribution is -0.0272. The van der Waals surface area contributed by atoms with Gasteiger partial charge >= 0.3 is 0 Å². The molecule has 2 atom stereocenters. The second kappa shape index (κ2) is 7.98. The Hall–Kier alpha value is -1.60. The van der Waals surface area contributed by atoms with Gasteiger partial charge in [-0.15, -0.1) is 11.3 Å². The topological polar surface area (TPSA) is 49.8 Å². The zero-order valence-electron chi connectivity index (χ0n) is 13.2. The zero-order chi connectivity index (χ0) is 16.9. The van der Waals surface area contributed by atoms with Crippen LogP contribution in [-0.4, -0.2) is 48.1 Å². The quantitative estimate of drug-likeness (QED) is 0.815. The van der Waals surface area contributed by atoms with E-state index in [1.165, 1.54) is 23.5 Å². The molecule has 6 heteroatoms. The van der Waals surface area contributed by atoms with Crippen molar-refractivity contribution < 1.29 is 19.0 Å². The number of thiophene rings is 1. The van der Waals surface area contributed by atoms with Crippen molar-refractivity contribution in [1.29, 1.82) is 0 Å². The summed E-state index contributed by atoms with van der Waals surface area (Å²) in [5.41, 5.74) is 0.672. The predicted octanol–water partition coefficient (Wildman–Crippen LogP) is 2.89. The SMILES string of the molecule is O=C(C[C@@H]1COCCN1C[C@@H](O)c1ccc(F)cc1)c1cccs1. The van der Waals surface area contributed by atoms with Gasteiger partial charge in [0, 0.05) is 25.6 Å². The maximum Gasteiger partial charge on any atom is 0.174 e. The van der Waals surface area contributed by atoms with Gasteiger partial charge < -0.3 is 9.84 Å². The molecule has 1 saturated heterocycles. The number of ether oxygens (including phenoxy) is 1. The van der Waals surface area contributed by atoms with E-state index in [0.717, 1.165) is 4.88 Å². The van der Waals surface area contributed by atoms with Crippen LogP contribution in [0.25, 0.3) is 0 Å². The minimum absolute atomic E-state index is 0.0524. The first-order chi connectivity index (χ1) is 11.6. The minimum Gasteiger partial charge on any atom is -0.387 e. The van der Waals surface area contributed by atoms with Gasteiger partial charge in [0.1, 0.15) is 5.82 Å². The molecular formula is C18H20FNO3S. The number of β-amino-alcohol motifs (C(OH)–C–C–N with tert-alkyl or cyclic N) is 1. The van der Waals surface area contributed by atoms with Gasteiger partial charge in [-0.25, -0.2) is 4.39 Å².